The van der Waals surface area contributed by atoms with Crippen molar-refractivity contribution in [3.8, 4) is 0 Å². The standard InChI is InChI=1S/C12H15N5O2/c1-7(13)9-3-5-10(6-4-9)14-11(18)15-12-17-16-8(2)19-12/h3-7H,13H2,1-2H3,(H2,14,15,17,18). The van der Waals surface area contributed by atoms with Crippen molar-refractivity contribution in [3.05, 3.63) is 35.7 Å². The van der Waals surface area contributed by atoms with Gasteiger partial charge in [0.05, 0.1) is 0 Å². The maximum absolute atomic E-state index is 11.6. The molecule has 1 heterocycles. The molecule has 2 aromatic rings. The van der Waals surface area contributed by atoms with Crippen molar-refractivity contribution in [1.29, 1.82) is 0 Å². The van der Waals surface area contributed by atoms with Gasteiger partial charge >= 0.3 is 12.0 Å². The Labute approximate surface area is 110 Å². The van der Waals surface area contributed by atoms with Gasteiger partial charge < -0.3 is 15.5 Å². The largest absolute Gasteiger partial charge is 0.408 e. The van der Waals surface area contributed by atoms with Crippen molar-refractivity contribution in [3.63, 3.8) is 0 Å². The quantitative estimate of drug-likeness (QED) is 0.783. The van der Waals surface area contributed by atoms with Crippen LogP contribution >= 0.6 is 0 Å². The molecule has 19 heavy (non-hydrogen) atoms. The third kappa shape index (κ3) is 3.52. The second-order valence-corrected chi connectivity index (χ2v) is 4.12. The molecule has 4 N–H and O–H groups in total. The zero-order chi connectivity index (χ0) is 13.8. The number of nitrogens with two attached hydrogens (primary N) is 1. The molecule has 2 rings (SSSR count). The monoisotopic (exact) mass is 261 g/mol. The summed E-state index contributed by atoms with van der Waals surface area (Å²) in [7, 11) is 0. The number of carbonyl (C=O) groups excluding carboxylic acids is 1. The Morgan fingerprint density at radius 1 is 1.26 bits per heavy atom. The van der Waals surface area contributed by atoms with Gasteiger partial charge in [0.25, 0.3) is 0 Å². The fraction of sp³-hybridized carbons (Fsp3) is 0.250. The first kappa shape index (κ1) is 13.0. The van der Waals surface area contributed by atoms with Gasteiger partial charge in [-0.1, -0.05) is 17.2 Å². The molecule has 0 fully saturated rings. The van der Waals surface area contributed by atoms with E-state index in [0.717, 1.165) is 5.56 Å². The molecule has 0 bridgehead atoms. The van der Waals surface area contributed by atoms with Gasteiger partial charge in [-0.05, 0) is 24.6 Å². The third-order valence-corrected chi connectivity index (χ3v) is 2.44. The van der Waals surface area contributed by atoms with Crippen LogP contribution in [0.1, 0.15) is 24.4 Å². The minimum Gasteiger partial charge on any atom is -0.408 e. The van der Waals surface area contributed by atoms with Crippen molar-refractivity contribution < 1.29 is 9.21 Å². The van der Waals surface area contributed by atoms with Crippen LogP contribution in [0.2, 0.25) is 0 Å². The summed E-state index contributed by atoms with van der Waals surface area (Å²) in [6.45, 7) is 3.54. The van der Waals surface area contributed by atoms with Crippen LogP contribution in [-0.4, -0.2) is 16.2 Å². The highest BCUT2D eigenvalue weighted by Gasteiger charge is 2.08. The number of hydrogen-bond acceptors (Lipinski definition) is 5. The van der Waals surface area contributed by atoms with E-state index in [1.165, 1.54) is 0 Å². The zero-order valence-electron chi connectivity index (χ0n) is 10.7. The van der Waals surface area contributed by atoms with E-state index in [9.17, 15) is 4.79 Å². The van der Waals surface area contributed by atoms with E-state index >= 15 is 0 Å². The smallest absolute Gasteiger partial charge is 0.327 e. The Morgan fingerprint density at radius 3 is 2.47 bits per heavy atom. The highest BCUT2D eigenvalue weighted by atomic mass is 16.4. The lowest BCUT2D eigenvalue weighted by Gasteiger charge is -2.08. The number of hydrogen-bond donors (Lipinski definition) is 3. The SMILES string of the molecule is Cc1nnc(NC(=O)Nc2ccc(C(C)N)cc2)o1. The minimum absolute atomic E-state index is 0.0377. The summed E-state index contributed by atoms with van der Waals surface area (Å²) in [5.41, 5.74) is 7.39. The average molecular weight is 261 g/mol. The molecule has 1 unspecified atom stereocenters. The fourth-order valence-electron chi connectivity index (χ4n) is 1.48. The van der Waals surface area contributed by atoms with Crippen molar-refractivity contribution in [2.75, 3.05) is 10.6 Å². The summed E-state index contributed by atoms with van der Waals surface area (Å²) < 4.78 is 5.03. The Hall–Kier alpha value is -2.41. The molecule has 0 saturated carbocycles. The average Bonchev–Trinajstić information content (AvgIpc) is 2.75. The van der Waals surface area contributed by atoms with E-state index in [4.69, 9.17) is 10.2 Å². The number of aryl methyl sites for hydroxylation is 1. The van der Waals surface area contributed by atoms with E-state index < -0.39 is 6.03 Å². The molecule has 100 valence electrons. The van der Waals surface area contributed by atoms with Crippen LogP contribution in [0.4, 0.5) is 16.5 Å². The zero-order valence-corrected chi connectivity index (χ0v) is 10.7. The van der Waals surface area contributed by atoms with Crippen molar-refractivity contribution in [1.82, 2.24) is 10.2 Å². The molecule has 0 aliphatic carbocycles. The van der Waals surface area contributed by atoms with Gasteiger partial charge in [0, 0.05) is 18.7 Å². The van der Waals surface area contributed by atoms with Crippen LogP contribution in [0.15, 0.2) is 28.7 Å². The summed E-state index contributed by atoms with van der Waals surface area (Å²) in [6.07, 6.45) is 0. The number of carbonyl (C=O) groups is 1. The lowest BCUT2D eigenvalue weighted by atomic mass is 10.1. The second-order valence-electron chi connectivity index (χ2n) is 4.12. The molecule has 1 atom stereocenters. The van der Waals surface area contributed by atoms with E-state index in [0.29, 0.717) is 11.6 Å². The number of nitrogens with one attached hydrogen (secondary N) is 2. The maximum Gasteiger partial charge on any atom is 0.327 e. The molecule has 1 aromatic heterocycles. The maximum atomic E-state index is 11.6. The molecule has 0 aliphatic rings. The van der Waals surface area contributed by atoms with Gasteiger partial charge in [-0.3, -0.25) is 5.32 Å². The Kier molecular flexibility index (Phi) is 3.76. The predicted molar refractivity (Wildman–Crippen MR) is 70.7 cm³/mol. The summed E-state index contributed by atoms with van der Waals surface area (Å²) in [6, 6.07) is 6.84. The van der Waals surface area contributed by atoms with Gasteiger partial charge in [-0.25, -0.2) is 4.79 Å². The minimum atomic E-state index is -0.447. The molecule has 0 spiro atoms. The highest BCUT2D eigenvalue weighted by Crippen LogP contribution is 2.14. The van der Waals surface area contributed by atoms with Gasteiger partial charge in [0.15, 0.2) is 0 Å². The number of benzene rings is 1. The molecule has 2 amide bonds. The van der Waals surface area contributed by atoms with Crippen LogP contribution in [-0.2, 0) is 0 Å². The van der Waals surface area contributed by atoms with Crippen LogP contribution in [0.25, 0.3) is 0 Å². The molecular formula is C12H15N5O2. The Balaban J connectivity index is 1.95. The number of anilines is 2. The van der Waals surface area contributed by atoms with E-state index in [1.807, 2.05) is 19.1 Å². The summed E-state index contributed by atoms with van der Waals surface area (Å²) in [5.74, 6) is 0.386. The Bertz CT molecular complexity index is 562. The molecule has 0 aliphatic heterocycles. The van der Waals surface area contributed by atoms with E-state index in [-0.39, 0.29) is 12.1 Å². The normalized spacial score (nSPS) is 11.9. The Morgan fingerprint density at radius 2 is 1.95 bits per heavy atom. The molecule has 0 radical (unpaired) electrons. The fourth-order valence-corrected chi connectivity index (χ4v) is 1.48. The third-order valence-electron chi connectivity index (χ3n) is 2.44. The molecule has 7 heteroatoms. The predicted octanol–water partition coefficient (Wildman–Crippen LogP) is 2.04. The van der Waals surface area contributed by atoms with Crippen molar-refractivity contribution >= 4 is 17.7 Å². The van der Waals surface area contributed by atoms with Crippen LogP contribution in [0.3, 0.4) is 0 Å². The van der Waals surface area contributed by atoms with Crippen LogP contribution < -0.4 is 16.4 Å². The second kappa shape index (κ2) is 5.49. The van der Waals surface area contributed by atoms with E-state index in [2.05, 4.69) is 20.8 Å². The summed E-state index contributed by atoms with van der Waals surface area (Å²) >= 11 is 0. The lowest BCUT2D eigenvalue weighted by Crippen LogP contribution is -2.19. The molecule has 0 saturated heterocycles. The summed E-state index contributed by atoms with van der Waals surface area (Å²) in [5, 5.41) is 12.3. The summed E-state index contributed by atoms with van der Waals surface area (Å²) in [4.78, 5) is 11.6. The van der Waals surface area contributed by atoms with Crippen molar-refractivity contribution in [2.24, 2.45) is 5.73 Å². The van der Waals surface area contributed by atoms with Crippen molar-refractivity contribution in [2.45, 2.75) is 19.9 Å². The van der Waals surface area contributed by atoms with Crippen LogP contribution in [0, 0.1) is 6.92 Å². The van der Waals surface area contributed by atoms with Gasteiger partial charge in [-0.15, -0.1) is 5.10 Å². The van der Waals surface area contributed by atoms with Gasteiger partial charge in [0.2, 0.25) is 5.89 Å². The topological polar surface area (TPSA) is 106 Å². The first-order valence-electron chi connectivity index (χ1n) is 5.78. The first-order chi connectivity index (χ1) is 9.04. The van der Waals surface area contributed by atoms with Crippen LogP contribution in [0.5, 0.6) is 0 Å². The lowest BCUT2D eigenvalue weighted by molar-refractivity contribution is 0.261. The number of amides is 2. The van der Waals surface area contributed by atoms with Gasteiger partial charge in [0.1, 0.15) is 0 Å². The molecular weight excluding hydrogens is 246 g/mol. The number of rotatable bonds is 3. The highest BCUT2D eigenvalue weighted by molar-refractivity contribution is 5.98. The first-order valence-corrected chi connectivity index (χ1v) is 5.78. The number of nitrogens with zero attached hydrogens (tertiary/aromatic N) is 2. The van der Waals surface area contributed by atoms with E-state index in [1.54, 1.807) is 19.1 Å². The molecule has 7 nitrogen and oxygen atoms in total. The molecule has 1 aromatic carbocycles. The number of urea groups is 1. The van der Waals surface area contributed by atoms with Gasteiger partial charge in [-0.2, -0.15) is 0 Å². The number of aromatic nitrogens is 2.